The Bertz CT molecular complexity index is 505. The summed E-state index contributed by atoms with van der Waals surface area (Å²) < 4.78 is 0. The summed E-state index contributed by atoms with van der Waals surface area (Å²) in [7, 11) is 0. The van der Waals surface area contributed by atoms with E-state index >= 15 is 0 Å². The average molecular weight is 304 g/mol. The fourth-order valence-electron chi connectivity index (χ4n) is 3.43. The maximum atomic E-state index is 12.6. The molecule has 1 aromatic rings. The van der Waals surface area contributed by atoms with E-state index in [4.69, 9.17) is 0 Å². The van der Waals surface area contributed by atoms with Crippen LogP contribution in [-0.4, -0.2) is 29.5 Å². The smallest absolute Gasteiger partial charge is 0.225 e. The molecule has 0 radical (unpaired) electrons. The van der Waals surface area contributed by atoms with Gasteiger partial charge in [-0.25, -0.2) is 0 Å². The maximum absolute atomic E-state index is 12.6. The number of para-hydroxylation sites is 1. The van der Waals surface area contributed by atoms with E-state index < -0.39 is 0 Å². The second kappa shape index (κ2) is 6.73. The van der Waals surface area contributed by atoms with Crippen LogP contribution < -0.4 is 10.6 Å². The summed E-state index contributed by atoms with van der Waals surface area (Å²) in [6.45, 7) is 2.95. The lowest BCUT2D eigenvalue weighted by Crippen LogP contribution is -2.45. The molecule has 1 aliphatic heterocycles. The number of amides is 1. The molecule has 1 amide bonds. The highest BCUT2D eigenvalue weighted by atomic mass is 32.2. The van der Waals surface area contributed by atoms with Gasteiger partial charge < -0.3 is 10.6 Å². The summed E-state index contributed by atoms with van der Waals surface area (Å²) >= 11 is 1.99. The second-order valence-electron chi connectivity index (χ2n) is 5.98. The first-order valence-electron chi connectivity index (χ1n) is 8.01. The summed E-state index contributed by atoms with van der Waals surface area (Å²) in [5.41, 5.74) is 2.44. The molecule has 1 saturated carbocycles. The molecule has 0 bridgehead atoms. The van der Waals surface area contributed by atoms with Crippen molar-refractivity contribution in [2.24, 2.45) is 5.92 Å². The molecule has 114 valence electrons. The van der Waals surface area contributed by atoms with Crippen LogP contribution >= 0.6 is 11.8 Å². The van der Waals surface area contributed by atoms with Crippen molar-refractivity contribution < 1.29 is 4.79 Å². The third-order valence-electron chi connectivity index (χ3n) is 4.55. The summed E-state index contributed by atoms with van der Waals surface area (Å²) in [6.07, 6.45) is 4.48. The predicted molar refractivity (Wildman–Crippen MR) is 89.8 cm³/mol. The van der Waals surface area contributed by atoms with Gasteiger partial charge in [0, 0.05) is 23.5 Å². The summed E-state index contributed by atoms with van der Waals surface area (Å²) in [4.78, 5) is 12.6. The monoisotopic (exact) mass is 304 g/mol. The normalized spacial score (nSPS) is 27.8. The summed E-state index contributed by atoms with van der Waals surface area (Å²) in [6, 6.07) is 8.67. The highest BCUT2D eigenvalue weighted by molar-refractivity contribution is 7.99. The van der Waals surface area contributed by atoms with E-state index in [1.165, 1.54) is 24.1 Å². The van der Waals surface area contributed by atoms with Crippen molar-refractivity contribution in [1.29, 1.82) is 0 Å². The SMILES string of the molecule is CCSC1CCCC1NC(=O)C1CNc2ccccc2C1. The van der Waals surface area contributed by atoms with Crippen molar-refractivity contribution in [3.8, 4) is 0 Å². The number of carbonyl (C=O) groups excluding carboxylic acids is 1. The quantitative estimate of drug-likeness (QED) is 0.898. The third kappa shape index (κ3) is 3.37. The van der Waals surface area contributed by atoms with Gasteiger partial charge >= 0.3 is 0 Å². The number of hydrogen-bond donors (Lipinski definition) is 2. The topological polar surface area (TPSA) is 41.1 Å². The number of fused-ring (bicyclic) bond motifs is 1. The Morgan fingerprint density at radius 3 is 3.10 bits per heavy atom. The number of nitrogens with one attached hydrogen (secondary N) is 2. The van der Waals surface area contributed by atoms with Crippen LogP contribution in [0.3, 0.4) is 0 Å². The first kappa shape index (κ1) is 14.8. The molecule has 21 heavy (non-hydrogen) atoms. The van der Waals surface area contributed by atoms with E-state index in [2.05, 4.69) is 29.7 Å². The van der Waals surface area contributed by atoms with E-state index in [-0.39, 0.29) is 11.8 Å². The fraction of sp³-hybridized carbons (Fsp3) is 0.588. The standard InChI is InChI=1S/C17H24N2OS/c1-2-21-16-9-5-8-15(16)19-17(20)13-10-12-6-3-4-7-14(12)18-11-13/h3-4,6-7,13,15-16,18H,2,5,8-11H2,1H3,(H,19,20). The summed E-state index contributed by atoms with van der Waals surface area (Å²) in [5, 5.41) is 7.32. The van der Waals surface area contributed by atoms with E-state index in [0.29, 0.717) is 11.3 Å². The number of rotatable bonds is 4. The van der Waals surface area contributed by atoms with Gasteiger partial charge in [-0.3, -0.25) is 4.79 Å². The molecule has 2 aliphatic rings. The molecule has 0 saturated heterocycles. The zero-order valence-electron chi connectivity index (χ0n) is 12.6. The van der Waals surface area contributed by atoms with Crippen molar-refractivity contribution in [1.82, 2.24) is 5.32 Å². The minimum Gasteiger partial charge on any atom is -0.384 e. The van der Waals surface area contributed by atoms with Crippen LogP contribution in [0, 0.1) is 5.92 Å². The molecule has 4 heteroatoms. The molecule has 3 rings (SSSR count). The van der Waals surface area contributed by atoms with Crippen molar-refractivity contribution in [3.63, 3.8) is 0 Å². The number of thioether (sulfide) groups is 1. The van der Waals surface area contributed by atoms with Gasteiger partial charge in [-0.05, 0) is 36.6 Å². The molecule has 1 aromatic carbocycles. The molecule has 2 N–H and O–H groups in total. The van der Waals surface area contributed by atoms with Crippen molar-refractivity contribution in [2.75, 3.05) is 17.6 Å². The van der Waals surface area contributed by atoms with Crippen molar-refractivity contribution >= 4 is 23.4 Å². The van der Waals surface area contributed by atoms with Gasteiger partial charge in [-0.15, -0.1) is 0 Å². The van der Waals surface area contributed by atoms with Gasteiger partial charge in [-0.1, -0.05) is 31.5 Å². The summed E-state index contributed by atoms with van der Waals surface area (Å²) in [5.74, 6) is 1.42. The van der Waals surface area contributed by atoms with Crippen LogP contribution in [0.5, 0.6) is 0 Å². The molecule has 0 spiro atoms. The van der Waals surface area contributed by atoms with Crippen LogP contribution in [0.15, 0.2) is 24.3 Å². The molecule has 3 unspecified atom stereocenters. The molecule has 1 heterocycles. The lowest BCUT2D eigenvalue weighted by atomic mass is 9.93. The van der Waals surface area contributed by atoms with Crippen molar-refractivity contribution in [3.05, 3.63) is 29.8 Å². The van der Waals surface area contributed by atoms with Crippen LogP contribution in [0.4, 0.5) is 5.69 Å². The Labute approximate surface area is 131 Å². The van der Waals surface area contributed by atoms with E-state index in [0.717, 1.165) is 25.1 Å². The third-order valence-corrected chi connectivity index (χ3v) is 5.88. The minimum absolute atomic E-state index is 0.0628. The van der Waals surface area contributed by atoms with Crippen LogP contribution in [0.1, 0.15) is 31.7 Å². The van der Waals surface area contributed by atoms with Gasteiger partial charge in [0.1, 0.15) is 0 Å². The Morgan fingerprint density at radius 2 is 2.24 bits per heavy atom. The van der Waals surface area contributed by atoms with Crippen LogP contribution in [0.2, 0.25) is 0 Å². The Kier molecular flexibility index (Phi) is 4.73. The van der Waals surface area contributed by atoms with Crippen molar-refractivity contribution in [2.45, 2.75) is 43.9 Å². The number of hydrogen-bond acceptors (Lipinski definition) is 3. The molecule has 0 aromatic heterocycles. The Hall–Kier alpha value is -1.16. The van der Waals surface area contributed by atoms with Gasteiger partial charge in [0.2, 0.25) is 5.91 Å². The predicted octanol–water partition coefficient (Wildman–Crippen LogP) is 3.06. The van der Waals surface area contributed by atoms with Gasteiger partial charge in [0.15, 0.2) is 0 Å². The van der Waals surface area contributed by atoms with Gasteiger partial charge in [-0.2, -0.15) is 11.8 Å². The largest absolute Gasteiger partial charge is 0.384 e. The van der Waals surface area contributed by atoms with Gasteiger partial charge in [0.25, 0.3) is 0 Å². The van der Waals surface area contributed by atoms with Gasteiger partial charge in [0.05, 0.1) is 5.92 Å². The maximum Gasteiger partial charge on any atom is 0.225 e. The molecule has 1 fully saturated rings. The fourth-order valence-corrected chi connectivity index (χ4v) is 4.63. The zero-order chi connectivity index (χ0) is 14.7. The first-order valence-corrected chi connectivity index (χ1v) is 9.06. The first-order chi connectivity index (χ1) is 10.3. The zero-order valence-corrected chi connectivity index (χ0v) is 13.4. The average Bonchev–Trinajstić information content (AvgIpc) is 2.94. The lowest BCUT2D eigenvalue weighted by Gasteiger charge is -2.28. The molecular formula is C17H24N2OS. The van der Waals surface area contributed by atoms with E-state index in [1.54, 1.807) is 0 Å². The Morgan fingerprint density at radius 1 is 1.38 bits per heavy atom. The minimum atomic E-state index is 0.0628. The Balaban J connectivity index is 1.59. The van der Waals surface area contributed by atoms with E-state index in [9.17, 15) is 4.79 Å². The molecule has 3 atom stereocenters. The second-order valence-corrected chi connectivity index (χ2v) is 7.50. The molecule has 1 aliphatic carbocycles. The number of benzene rings is 1. The lowest BCUT2D eigenvalue weighted by molar-refractivity contribution is -0.125. The molecular weight excluding hydrogens is 280 g/mol. The number of anilines is 1. The highest BCUT2D eigenvalue weighted by Crippen LogP contribution is 2.30. The van der Waals surface area contributed by atoms with E-state index in [1.807, 2.05) is 23.9 Å². The highest BCUT2D eigenvalue weighted by Gasteiger charge is 2.31. The number of carbonyl (C=O) groups is 1. The van der Waals surface area contributed by atoms with Crippen LogP contribution in [-0.2, 0) is 11.2 Å². The molecule has 3 nitrogen and oxygen atoms in total. The van der Waals surface area contributed by atoms with Crippen LogP contribution in [0.25, 0.3) is 0 Å².